The minimum Gasteiger partial charge on any atom is -0.244 e. The SMILES string of the molecule is Cn1ncnc1SCc1cc(F)cc(Br)c1. The summed E-state index contributed by atoms with van der Waals surface area (Å²) in [7, 11) is 1.83. The summed E-state index contributed by atoms with van der Waals surface area (Å²) in [5, 5.41) is 4.79. The number of hydrogen-bond acceptors (Lipinski definition) is 3. The van der Waals surface area contributed by atoms with Gasteiger partial charge in [-0.25, -0.2) is 14.1 Å². The Kier molecular flexibility index (Phi) is 3.60. The highest BCUT2D eigenvalue weighted by atomic mass is 79.9. The number of rotatable bonds is 3. The maximum absolute atomic E-state index is 13.1. The van der Waals surface area contributed by atoms with Crippen LogP contribution in [0.25, 0.3) is 0 Å². The van der Waals surface area contributed by atoms with Crippen LogP contribution in [-0.2, 0) is 12.8 Å². The number of thioether (sulfide) groups is 1. The maximum Gasteiger partial charge on any atom is 0.186 e. The average molecular weight is 302 g/mol. The molecule has 0 aliphatic rings. The fourth-order valence-electron chi connectivity index (χ4n) is 1.26. The smallest absolute Gasteiger partial charge is 0.186 e. The quantitative estimate of drug-likeness (QED) is 0.817. The molecule has 0 fully saturated rings. The molecule has 0 spiro atoms. The number of aryl methyl sites for hydroxylation is 1. The molecule has 2 aromatic rings. The summed E-state index contributed by atoms with van der Waals surface area (Å²) in [6, 6.07) is 4.86. The van der Waals surface area contributed by atoms with Crippen LogP contribution in [0.5, 0.6) is 0 Å². The van der Waals surface area contributed by atoms with Gasteiger partial charge in [0.05, 0.1) is 0 Å². The molecule has 3 nitrogen and oxygen atoms in total. The van der Waals surface area contributed by atoms with E-state index in [9.17, 15) is 4.39 Å². The highest BCUT2D eigenvalue weighted by Gasteiger charge is 2.04. The number of hydrogen-bond donors (Lipinski definition) is 0. The van der Waals surface area contributed by atoms with Gasteiger partial charge in [0.2, 0.25) is 0 Å². The monoisotopic (exact) mass is 301 g/mol. The minimum atomic E-state index is -0.233. The van der Waals surface area contributed by atoms with Crippen molar-refractivity contribution in [2.45, 2.75) is 10.9 Å². The van der Waals surface area contributed by atoms with Crippen LogP contribution >= 0.6 is 27.7 Å². The lowest BCUT2D eigenvalue weighted by Gasteiger charge is -2.02. The van der Waals surface area contributed by atoms with Crippen molar-refractivity contribution < 1.29 is 4.39 Å². The molecule has 84 valence electrons. The topological polar surface area (TPSA) is 30.7 Å². The van der Waals surface area contributed by atoms with E-state index >= 15 is 0 Å². The lowest BCUT2D eigenvalue weighted by molar-refractivity contribution is 0.625. The van der Waals surface area contributed by atoms with Crippen LogP contribution in [0.2, 0.25) is 0 Å². The van der Waals surface area contributed by atoms with Crippen LogP contribution in [0.1, 0.15) is 5.56 Å². The Balaban J connectivity index is 2.07. The molecule has 0 radical (unpaired) electrons. The van der Waals surface area contributed by atoms with E-state index in [4.69, 9.17) is 0 Å². The molecule has 0 N–H and O–H groups in total. The molecule has 0 saturated carbocycles. The van der Waals surface area contributed by atoms with E-state index in [0.717, 1.165) is 15.2 Å². The lowest BCUT2D eigenvalue weighted by atomic mass is 10.2. The Bertz CT molecular complexity index is 480. The van der Waals surface area contributed by atoms with Gasteiger partial charge in [0.15, 0.2) is 5.16 Å². The van der Waals surface area contributed by atoms with Crippen molar-refractivity contribution in [1.29, 1.82) is 0 Å². The lowest BCUT2D eigenvalue weighted by Crippen LogP contribution is -1.93. The fraction of sp³-hybridized carbons (Fsp3) is 0.200. The number of nitrogens with zero attached hydrogens (tertiary/aromatic N) is 3. The summed E-state index contributed by atoms with van der Waals surface area (Å²) >= 11 is 4.79. The van der Waals surface area contributed by atoms with Crippen molar-refractivity contribution in [2.75, 3.05) is 0 Å². The van der Waals surface area contributed by atoms with Gasteiger partial charge < -0.3 is 0 Å². The third kappa shape index (κ3) is 2.82. The maximum atomic E-state index is 13.1. The van der Waals surface area contributed by atoms with Gasteiger partial charge in [0.1, 0.15) is 12.1 Å². The zero-order chi connectivity index (χ0) is 11.5. The summed E-state index contributed by atoms with van der Waals surface area (Å²) in [6.07, 6.45) is 1.50. The van der Waals surface area contributed by atoms with E-state index < -0.39 is 0 Å². The molecule has 0 aliphatic carbocycles. The zero-order valence-corrected chi connectivity index (χ0v) is 10.9. The summed E-state index contributed by atoms with van der Waals surface area (Å²) in [4.78, 5) is 4.09. The second-order valence-electron chi connectivity index (χ2n) is 3.23. The van der Waals surface area contributed by atoms with Gasteiger partial charge in [0.25, 0.3) is 0 Å². The molecule has 0 aliphatic heterocycles. The number of benzene rings is 1. The van der Waals surface area contributed by atoms with Crippen molar-refractivity contribution >= 4 is 27.7 Å². The summed E-state index contributed by atoms with van der Waals surface area (Å²) < 4.78 is 15.5. The Hall–Kier alpha value is -0.880. The van der Waals surface area contributed by atoms with Crippen LogP contribution < -0.4 is 0 Å². The standard InChI is InChI=1S/C10H9BrFN3S/c1-15-10(13-6-14-15)16-5-7-2-8(11)4-9(12)3-7/h2-4,6H,5H2,1H3. The summed E-state index contributed by atoms with van der Waals surface area (Å²) in [5.41, 5.74) is 0.917. The van der Waals surface area contributed by atoms with E-state index in [-0.39, 0.29) is 5.82 Å². The average Bonchev–Trinajstić information content (AvgIpc) is 2.59. The van der Waals surface area contributed by atoms with E-state index in [1.165, 1.54) is 30.2 Å². The van der Waals surface area contributed by atoms with Crippen molar-refractivity contribution in [2.24, 2.45) is 7.05 Å². The van der Waals surface area contributed by atoms with Crippen molar-refractivity contribution in [1.82, 2.24) is 14.8 Å². The fourth-order valence-corrected chi connectivity index (χ4v) is 2.59. The second kappa shape index (κ2) is 4.97. The van der Waals surface area contributed by atoms with Gasteiger partial charge in [-0.15, -0.1) is 0 Å². The molecule has 1 aromatic carbocycles. The first-order chi connectivity index (χ1) is 7.65. The molecule has 0 unspecified atom stereocenters. The number of halogens is 2. The summed E-state index contributed by atoms with van der Waals surface area (Å²) in [6.45, 7) is 0. The largest absolute Gasteiger partial charge is 0.244 e. The van der Waals surface area contributed by atoms with Crippen molar-refractivity contribution in [3.8, 4) is 0 Å². The predicted molar refractivity (Wildman–Crippen MR) is 64.7 cm³/mol. The van der Waals surface area contributed by atoms with Gasteiger partial charge in [-0.2, -0.15) is 5.10 Å². The Morgan fingerprint density at radius 2 is 2.25 bits per heavy atom. The van der Waals surface area contributed by atoms with Gasteiger partial charge >= 0.3 is 0 Å². The van der Waals surface area contributed by atoms with Crippen LogP contribution in [0.4, 0.5) is 4.39 Å². The molecule has 1 heterocycles. The van der Waals surface area contributed by atoms with E-state index in [1.807, 2.05) is 13.1 Å². The van der Waals surface area contributed by atoms with Gasteiger partial charge in [0, 0.05) is 17.3 Å². The zero-order valence-electron chi connectivity index (χ0n) is 8.52. The van der Waals surface area contributed by atoms with Crippen molar-refractivity contribution in [3.05, 3.63) is 40.4 Å². The second-order valence-corrected chi connectivity index (χ2v) is 5.09. The Labute approximate surface area is 105 Å². The first-order valence-corrected chi connectivity index (χ1v) is 6.35. The van der Waals surface area contributed by atoms with Gasteiger partial charge in [-0.1, -0.05) is 27.7 Å². The van der Waals surface area contributed by atoms with Crippen LogP contribution in [0.15, 0.2) is 34.2 Å². The minimum absolute atomic E-state index is 0.233. The summed E-state index contributed by atoms with van der Waals surface area (Å²) in [5.74, 6) is 0.436. The Morgan fingerprint density at radius 1 is 1.44 bits per heavy atom. The third-order valence-electron chi connectivity index (χ3n) is 1.96. The molecular weight excluding hydrogens is 293 g/mol. The van der Waals surface area contributed by atoms with Crippen LogP contribution in [0.3, 0.4) is 0 Å². The molecule has 0 saturated heterocycles. The first kappa shape index (κ1) is 11.6. The highest BCUT2D eigenvalue weighted by molar-refractivity contribution is 9.10. The molecule has 0 bridgehead atoms. The Morgan fingerprint density at radius 3 is 2.88 bits per heavy atom. The third-order valence-corrected chi connectivity index (χ3v) is 3.52. The van der Waals surface area contributed by atoms with Crippen molar-refractivity contribution in [3.63, 3.8) is 0 Å². The molecule has 1 aromatic heterocycles. The van der Waals surface area contributed by atoms with E-state index in [2.05, 4.69) is 26.0 Å². The molecule has 2 rings (SSSR count). The number of aromatic nitrogens is 3. The van der Waals surface area contributed by atoms with Crippen LogP contribution in [-0.4, -0.2) is 14.8 Å². The van der Waals surface area contributed by atoms with Crippen LogP contribution in [0, 0.1) is 5.82 Å². The first-order valence-electron chi connectivity index (χ1n) is 4.57. The normalized spacial score (nSPS) is 10.7. The van der Waals surface area contributed by atoms with Gasteiger partial charge in [-0.05, 0) is 23.8 Å². The van der Waals surface area contributed by atoms with Gasteiger partial charge in [-0.3, -0.25) is 0 Å². The molecule has 0 amide bonds. The van der Waals surface area contributed by atoms with E-state index in [1.54, 1.807) is 4.68 Å². The molecular formula is C10H9BrFN3S. The van der Waals surface area contributed by atoms with E-state index in [0.29, 0.717) is 5.75 Å². The molecule has 0 atom stereocenters. The molecule has 16 heavy (non-hydrogen) atoms. The highest BCUT2D eigenvalue weighted by Crippen LogP contribution is 2.22. The predicted octanol–water partition coefficient (Wildman–Crippen LogP) is 3.01. The molecule has 6 heteroatoms.